The molecule has 4 aliphatic heterocycles. The van der Waals surface area contributed by atoms with Crippen LogP contribution in [0.15, 0.2) is 128 Å². The van der Waals surface area contributed by atoms with Gasteiger partial charge in [0.2, 0.25) is 11.8 Å². The van der Waals surface area contributed by atoms with Crippen molar-refractivity contribution in [3.8, 4) is 28.3 Å². The summed E-state index contributed by atoms with van der Waals surface area (Å²) in [5.74, 6) is -0.443. The van der Waals surface area contributed by atoms with Gasteiger partial charge in [-0.3, -0.25) is 9.59 Å². The number of hydrogen-bond donors (Lipinski definition) is 0. The normalized spacial score (nSPS) is 15.1. The molecular formula is C55H45Cl2F3N6O7S. The number of fused-ring (bicyclic) bond motifs is 8. The highest BCUT2D eigenvalue weighted by atomic mass is 35.5. The first-order valence-corrected chi connectivity index (χ1v) is 25.5. The molecule has 6 aromatic carbocycles. The summed E-state index contributed by atoms with van der Waals surface area (Å²) in [5, 5.41) is 5.97. The van der Waals surface area contributed by atoms with Gasteiger partial charge in [-0.25, -0.2) is 9.97 Å². The molecule has 0 N–H and O–H groups in total. The maximum atomic E-state index is 12.9. The molecule has 0 radical (unpaired) electrons. The molecule has 2 saturated heterocycles. The summed E-state index contributed by atoms with van der Waals surface area (Å²) >= 11 is 12.5. The molecule has 8 aromatic rings. The molecule has 0 spiro atoms. The maximum Gasteiger partial charge on any atom is 0.534 e. The molecule has 19 heteroatoms. The van der Waals surface area contributed by atoms with Crippen LogP contribution < -0.4 is 14.0 Å². The third-order valence-corrected chi connectivity index (χ3v) is 14.6. The fourth-order valence-corrected chi connectivity index (χ4v) is 10.4. The zero-order valence-electron chi connectivity index (χ0n) is 39.8. The van der Waals surface area contributed by atoms with Gasteiger partial charge in [0.25, 0.3) is 0 Å². The molecule has 0 unspecified atom stereocenters. The second-order valence-corrected chi connectivity index (χ2v) is 20.0. The Balaban J connectivity index is 0.000000143. The predicted octanol–water partition coefficient (Wildman–Crippen LogP) is 11.7. The van der Waals surface area contributed by atoms with E-state index in [0.717, 1.165) is 61.1 Å². The number of pyridine rings is 2. The van der Waals surface area contributed by atoms with Crippen LogP contribution in [0.4, 0.5) is 35.9 Å². The quantitative estimate of drug-likeness (QED) is 0.0705. The zero-order chi connectivity index (χ0) is 52.1. The molecule has 2 amide bonds. The lowest BCUT2D eigenvalue weighted by molar-refractivity contribution is -0.130. The number of ether oxygens (including phenoxy) is 2. The summed E-state index contributed by atoms with van der Waals surface area (Å²) in [4.78, 5) is 40.9. The molecule has 0 bridgehead atoms. The van der Waals surface area contributed by atoms with Gasteiger partial charge >= 0.3 is 15.6 Å². The Morgan fingerprint density at radius 1 is 0.635 bits per heavy atom. The summed E-state index contributed by atoms with van der Waals surface area (Å²) in [5.41, 5.74) is 3.85. The van der Waals surface area contributed by atoms with Gasteiger partial charge < -0.3 is 33.3 Å². The number of nitrogens with zero attached hydrogens (tertiary/aromatic N) is 6. The molecule has 0 aliphatic carbocycles. The van der Waals surface area contributed by atoms with Gasteiger partial charge in [0.15, 0.2) is 0 Å². The number of morpholine rings is 2. The molecular weight excluding hydrogens is 1020 g/mol. The summed E-state index contributed by atoms with van der Waals surface area (Å²) in [6.45, 7) is 8.54. The first kappa shape index (κ1) is 50.3. The van der Waals surface area contributed by atoms with E-state index in [0.29, 0.717) is 95.7 Å². The number of hydrogen-bond acceptors (Lipinski definition) is 11. The van der Waals surface area contributed by atoms with Crippen molar-refractivity contribution >= 4 is 117 Å². The number of carbonyl (C=O) groups is 2. The minimum atomic E-state index is -5.84. The van der Waals surface area contributed by atoms with E-state index < -0.39 is 21.4 Å². The van der Waals surface area contributed by atoms with Crippen molar-refractivity contribution in [1.29, 1.82) is 0 Å². The van der Waals surface area contributed by atoms with Gasteiger partial charge in [0, 0.05) is 95.1 Å². The molecule has 12 rings (SSSR count). The second-order valence-electron chi connectivity index (χ2n) is 17.6. The topological polar surface area (TPSA) is 135 Å². The third-order valence-electron chi connectivity index (χ3n) is 13.2. The molecule has 378 valence electrons. The molecule has 2 aromatic heterocycles. The fourth-order valence-electron chi connectivity index (χ4n) is 9.57. The summed E-state index contributed by atoms with van der Waals surface area (Å²) in [6, 6.07) is 33.4. The Labute approximate surface area is 433 Å². The molecule has 0 atom stereocenters. The number of anilines is 4. The monoisotopic (exact) mass is 1060 g/mol. The smallest absolute Gasteiger partial charge is 0.378 e. The summed E-state index contributed by atoms with van der Waals surface area (Å²) in [7, 11) is -2.02. The van der Waals surface area contributed by atoms with Crippen LogP contribution in [0.3, 0.4) is 0 Å². The minimum absolute atomic E-state index is 0.00306. The molecule has 13 nitrogen and oxygen atoms in total. The zero-order valence-corrected chi connectivity index (χ0v) is 42.2. The van der Waals surface area contributed by atoms with Gasteiger partial charge in [-0.2, -0.15) is 21.6 Å². The summed E-state index contributed by atoms with van der Waals surface area (Å²) in [6.07, 6.45) is 4.90. The van der Waals surface area contributed by atoms with Crippen LogP contribution in [0.1, 0.15) is 5.56 Å². The molecule has 2 fully saturated rings. The highest BCUT2D eigenvalue weighted by Crippen LogP contribution is 2.51. The number of para-hydroxylation sites is 2. The lowest BCUT2D eigenvalue weighted by Gasteiger charge is -2.30. The van der Waals surface area contributed by atoms with E-state index in [9.17, 15) is 31.2 Å². The van der Waals surface area contributed by atoms with E-state index >= 15 is 0 Å². The number of alkyl halides is 3. The van der Waals surface area contributed by atoms with E-state index in [4.69, 9.17) is 42.6 Å². The maximum absolute atomic E-state index is 12.9. The number of amides is 2. The van der Waals surface area contributed by atoms with Crippen molar-refractivity contribution in [3.05, 3.63) is 144 Å². The standard InChI is InChI=1S/C27H22ClN3O2.C21H12ClF3N2O3S.C7H11NO2/c1-30-23-5-3-2-4-19(23)27-26-21(20-16-18(28)7-8-22(20)29-27)14-17(15-24(26)30)6-9-25(32)31-10-12-33-13-11-31;1-27-17-5-3-2-4-13(17)20-19-15(14-8-11(22)6-7-16(14)26-20)9-12(10-18(19)27)30-31(28,29)21(23,24)25;1-2-7(9)8-3-5-10-6-4-8/h2-9,14-16H,10-13H2,1H3;2-10H,1H3;2H,1,3-6H2/b9-6+;;. The van der Waals surface area contributed by atoms with Crippen molar-refractivity contribution in [1.82, 2.24) is 19.8 Å². The average molecular weight is 1060 g/mol. The Morgan fingerprint density at radius 3 is 1.61 bits per heavy atom. The highest BCUT2D eigenvalue weighted by Gasteiger charge is 2.48. The van der Waals surface area contributed by atoms with Crippen LogP contribution in [0.5, 0.6) is 5.75 Å². The number of halogens is 5. The number of aromatic nitrogens is 2. The predicted molar refractivity (Wildman–Crippen MR) is 285 cm³/mol. The first-order chi connectivity index (χ1) is 35.5. The first-order valence-electron chi connectivity index (χ1n) is 23.4. The third kappa shape index (κ3) is 9.57. The molecule has 0 saturated carbocycles. The minimum Gasteiger partial charge on any atom is -0.378 e. The van der Waals surface area contributed by atoms with Gasteiger partial charge in [-0.15, -0.1) is 0 Å². The van der Waals surface area contributed by atoms with Gasteiger partial charge in [-0.05, 0) is 95.2 Å². The van der Waals surface area contributed by atoms with E-state index in [1.165, 1.54) is 18.2 Å². The van der Waals surface area contributed by atoms with E-state index in [1.54, 1.807) is 41.1 Å². The Morgan fingerprint density at radius 2 is 1.11 bits per heavy atom. The van der Waals surface area contributed by atoms with Crippen molar-refractivity contribution in [2.75, 3.05) is 76.5 Å². The summed E-state index contributed by atoms with van der Waals surface area (Å²) < 4.78 is 76.9. The largest absolute Gasteiger partial charge is 0.534 e. The SMILES string of the molecule is C=CC(=O)N1CCOCC1.CN1c2ccccc2-c2nc3ccc(Cl)cc3c3cc(/C=C/C(=O)N4CCOCC4)cc1c23.CN1c2ccccc2-c2nc3ccc(Cl)cc3c3cc(OS(=O)(=O)C(F)(F)F)cc1c23. The Bertz CT molecular complexity index is 3740. The van der Waals surface area contributed by atoms with Crippen molar-refractivity contribution in [2.45, 2.75) is 5.51 Å². The number of carbonyl (C=O) groups excluding carboxylic acids is 2. The van der Waals surface area contributed by atoms with Crippen LogP contribution in [0, 0.1) is 0 Å². The van der Waals surface area contributed by atoms with E-state index in [-0.39, 0.29) is 11.8 Å². The van der Waals surface area contributed by atoms with Gasteiger partial charge in [0.05, 0.1) is 71.6 Å². The van der Waals surface area contributed by atoms with E-state index in [2.05, 4.69) is 47.0 Å². The van der Waals surface area contributed by atoms with Crippen molar-refractivity contribution < 1.29 is 44.8 Å². The van der Waals surface area contributed by atoms with Gasteiger partial charge in [-0.1, -0.05) is 66.2 Å². The second kappa shape index (κ2) is 20.2. The lowest BCUT2D eigenvalue weighted by Crippen LogP contribution is -2.39. The molecule has 74 heavy (non-hydrogen) atoms. The van der Waals surface area contributed by atoms with Crippen LogP contribution in [0.25, 0.3) is 71.9 Å². The Kier molecular flexibility index (Phi) is 13.7. The Hall–Kier alpha value is -7.28. The van der Waals surface area contributed by atoms with Gasteiger partial charge in [0.1, 0.15) is 5.75 Å². The van der Waals surface area contributed by atoms with Crippen LogP contribution in [0.2, 0.25) is 10.0 Å². The van der Waals surface area contributed by atoms with Crippen LogP contribution >= 0.6 is 23.2 Å². The van der Waals surface area contributed by atoms with Crippen LogP contribution in [-0.4, -0.2) is 112 Å². The number of benzene rings is 6. The average Bonchev–Trinajstić information content (AvgIpc) is 3.41. The van der Waals surface area contributed by atoms with Crippen molar-refractivity contribution in [3.63, 3.8) is 0 Å². The highest BCUT2D eigenvalue weighted by molar-refractivity contribution is 7.88. The van der Waals surface area contributed by atoms with Crippen molar-refractivity contribution in [2.24, 2.45) is 0 Å². The van der Waals surface area contributed by atoms with E-state index in [1.807, 2.05) is 65.6 Å². The van der Waals surface area contributed by atoms with Crippen LogP contribution in [-0.2, 0) is 29.2 Å². The lowest BCUT2D eigenvalue weighted by atomic mass is 9.92. The molecule has 6 heterocycles. The molecule has 4 aliphatic rings. The number of rotatable bonds is 5. The fraction of sp³-hybridized carbons (Fsp3) is 0.200.